The van der Waals surface area contributed by atoms with Crippen LogP contribution in [0.15, 0.2) is 18.2 Å². The molecule has 1 aliphatic rings. The van der Waals surface area contributed by atoms with E-state index >= 15 is 0 Å². The zero-order valence-electron chi connectivity index (χ0n) is 8.55. The number of hydrogen-bond donors (Lipinski definition) is 1. The van der Waals surface area contributed by atoms with E-state index in [0.29, 0.717) is 12.0 Å². The quantitative estimate of drug-likeness (QED) is 0.806. The Morgan fingerprint density at radius 2 is 2.06 bits per heavy atom. The van der Waals surface area contributed by atoms with Crippen molar-refractivity contribution in [3.05, 3.63) is 29.3 Å². The first-order valence-corrected chi connectivity index (χ1v) is 5.10. The third-order valence-electron chi connectivity index (χ3n) is 2.74. The Balaban J connectivity index is 2.36. The SMILES string of the molecule is N[C@H]1CCCc2c(OC(F)(F)F)cccc21. The highest BCUT2D eigenvalue weighted by molar-refractivity contribution is 5.43. The summed E-state index contributed by atoms with van der Waals surface area (Å²) in [5, 5.41) is 0. The Hall–Kier alpha value is -1.23. The molecule has 88 valence electrons. The van der Waals surface area contributed by atoms with Gasteiger partial charge in [0.15, 0.2) is 0 Å². The van der Waals surface area contributed by atoms with Crippen molar-refractivity contribution >= 4 is 0 Å². The van der Waals surface area contributed by atoms with E-state index in [1.165, 1.54) is 6.07 Å². The van der Waals surface area contributed by atoms with E-state index < -0.39 is 6.36 Å². The summed E-state index contributed by atoms with van der Waals surface area (Å²) >= 11 is 0. The van der Waals surface area contributed by atoms with Gasteiger partial charge in [0.05, 0.1) is 0 Å². The lowest BCUT2D eigenvalue weighted by Gasteiger charge is -2.24. The molecule has 5 heteroatoms. The number of halogens is 3. The summed E-state index contributed by atoms with van der Waals surface area (Å²) in [6, 6.07) is 4.47. The maximum Gasteiger partial charge on any atom is 0.573 e. The van der Waals surface area contributed by atoms with Gasteiger partial charge in [-0.1, -0.05) is 12.1 Å². The van der Waals surface area contributed by atoms with Crippen LogP contribution in [0.4, 0.5) is 13.2 Å². The van der Waals surface area contributed by atoms with Crippen molar-refractivity contribution in [1.29, 1.82) is 0 Å². The third kappa shape index (κ3) is 2.29. The fraction of sp³-hybridized carbons (Fsp3) is 0.455. The van der Waals surface area contributed by atoms with Gasteiger partial charge >= 0.3 is 6.36 Å². The van der Waals surface area contributed by atoms with E-state index in [9.17, 15) is 13.2 Å². The summed E-state index contributed by atoms with van der Waals surface area (Å²) in [5.41, 5.74) is 7.21. The third-order valence-corrected chi connectivity index (χ3v) is 2.74. The molecule has 0 radical (unpaired) electrons. The summed E-state index contributed by atoms with van der Waals surface area (Å²) in [7, 11) is 0. The number of benzene rings is 1. The van der Waals surface area contributed by atoms with Gasteiger partial charge in [0.1, 0.15) is 5.75 Å². The monoisotopic (exact) mass is 231 g/mol. The van der Waals surface area contributed by atoms with Crippen molar-refractivity contribution in [2.24, 2.45) is 5.73 Å². The zero-order chi connectivity index (χ0) is 11.8. The van der Waals surface area contributed by atoms with Gasteiger partial charge in [0.2, 0.25) is 0 Å². The highest BCUT2D eigenvalue weighted by Crippen LogP contribution is 2.36. The maximum atomic E-state index is 12.2. The van der Waals surface area contributed by atoms with Crippen LogP contribution in [0.5, 0.6) is 5.75 Å². The topological polar surface area (TPSA) is 35.2 Å². The summed E-state index contributed by atoms with van der Waals surface area (Å²) < 4.78 is 40.5. The second-order valence-electron chi connectivity index (χ2n) is 3.87. The molecule has 1 aromatic rings. The van der Waals surface area contributed by atoms with Crippen LogP contribution in [0.2, 0.25) is 0 Å². The van der Waals surface area contributed by atoms with Crippen LogP contribution in [0.1, 0.15) is 30.0 Å². The first-order valence-electron chi connectivity index (χ1n) is 5.10. The highest BCUT2D eigenvalue weighted by Gasteiger charge is 2.33. The molecule has 1 aliphatic carbocycles. The van der Waals surface area contributed by atoms with Crippen LogP contribution in [-0.4, -0.2) is 6.36 Å². The van der Waals surface area contributed by atoms with Gasteiger partial charge in [-0.05, 0) is 36.5 Å². The Kier molecular flexibility index (Phi) is 2.80. The minimum atomic E-state index is -4.64. The van der Waals surface area contributed by atoms with Gasteiger partial charge < -0.3 is 10.5 Å². The minimum absolute atomic E-state index is 0.111. The molecule has 0 saturated carbocycles. The number of rotatable bonds is 1. The van der Waals surface area contributed by atoms with Crippen molar-refractivity contribution in [3.63, 3.8) is 0 Å². The summed E-state index contributed by atoms with van der Waals surface area (Å²) in [6.07, 6.45) is -2.44. The van der Waals surface area contributed by atoms with Gasteiger partial charge in [-0.25, -0.2) is 0 Å². The number of alkyl halides is 3. The molecule has 0 amide bonds. The van der Waals surface area contributed by atoms with Crippen molar-refractivity contribution in [1.82, 2.24) is 0 Å². The molecule has 0 fully saturated rings. The number of ether oxygens (including phenoxy) is 1. The second kappa shape index (κ2) is 3.97. The maximum absolute atomic E-state index is 12.2. The number of fused-ring (bicyclic) bond motifs is 1. The lowest BCUT2D eigenvalue weighted by Crippen LogP contribution is -2.22. The first kappa shape index (κ1) is 11.3. The molecule has 1 aromatic carbocycles. The van der Waals surface area contributed by atoms with Gasteiger partial charge in [0.25, 0.3) is 0 Å². The Morgan fingerprint density at radius 3 is 2.75 bits per heavy atom. The van der Waals surface area contributed by atoms with Gasteiger partial charge in [0, 0.05) is 6.04 Å². The summed E-state index contributed by atoms with van der Waals surface area (Å²) in [4.78, 5) is 0. The second-order valence-corrected chi connectivity index (χ2v) is 3.87. The molecule has 16 heavy (non-hydrogen) atoms. The van der Waals surface area contributed by atoms with Crippen LogP contribution < -0.4 is 10.5 Å². The highest BCUT2D eigenvalue weighted by atomic mass is 19.4. The van der Waals surface area contributed by atoms with Gasteiger partial charge in [-0.3, -0.25) is 0 Å². The first-order chi connectivity index (χ1) is 7.47. The molecule has 1 atom stereocenters. The van der Waals surface area contributed by atoms with Crippen LogP contribution in [0, 0.1) is 0 Å². The van der Waals surface area contributed by atoms with E-state index in [1.807, 2.05) is 0 Å². The van der Waals surface area contributed by atoms with Crippen molar-refractivity contribution in [2.45, 2.75) is 31.7 Å². The average Bonchev–Trinajstić information content (AvgIpc) is 2.17. The molecule has 2 nitrogen and oxygen atoms in total. The van der Waals surface area contributed by atoms with Crippen LogP contribution in [-0.2, 0) is 6.42 Å². The normalized spacial score (nSPS) is 20.4. The lowest BCUT2D eigenvalue weighted by molar-refractivity contribution is -0.274. The number of hydrogen-bond acceptors (Lipinski definition) is 2. The molecule has 0 saturated heterocycles. The smallest absolute Gasteiger partial charge is 0.405 e. The van der Waals surface area contributed by atoms with E-state index in [1.54, 1.807) is 12.1 Å². The fourth-order valence-electron chi connectivity index (χ4n) is 2.07. The van der Waals surface area contributed by atoms with Crippen LogP contribution in [0.25, 0.3) is 0 Å². The molecule has 0 heterocycles. The van der Waals surface area contributed by atoms with Crippen LogP contribution >= 0.6 is 0 Å². The van der Waals surface area contributed by atoms with Gasteiger partial charge in [-0.15, -0.1) is 13.2 Å². The molecule has 0 unspecified atom stereocenters. The molecule has 0 aromatic heterocycles. The summed E-state index contributed by atoms with van der Waals surface area (Å²) in [5.74, 6) is -0.111. The molecule has 0 aliphatic heterocycles. The minimum Gasteiger partial charge on any atom is -0.405 e. The zero-order valence-corrected chi connectivity index (χ0v) is 8.55. The molecule has 2 rings (SSSR count). The van der Waals surface area contributed by atoms with Gasteiger partial charge in [-0.2, -0.15) is 0 Å². The number of nitrogens with two attached hydrogens (primary N) is 1. The lowest BCUT2D eigenvalue weighted by atomic mass is 9.88. The fourth-order valence-corrected chi connectivity index (χ4v) is 2.07. The Morgan fingerprint density at radius 1 is 1.31 bits per heavy atom. The predicted octanol–water partition coefficient (Wildman–Crippen LogP) is 2.92. The molecule has 0 bridgehead atoms. The predicted molar refractivity (Wildman–Crippen MR) is 53.0 cm³/mol. The standard InChI is InChI=1S/C11H12F3NO/c12-11(13,14)16-10-6-2-3-7-8(10)4-1-5-9(7)15/h2-3,6,9H,1,4-5,15H2/t9-/m0/s1. The Labute approximate surface area is 91.2 Å². The average molecular weight is 231 g/mol. The molecule has 0 spiro atoms. The van der Waals surface area contributed by atoms with E-state index in [-0.39, 0.29) is 11.8 Å². The van der Waals surface area contributed by atoms with E-state index in [4.69, 9.17) is 5.73 Å². The van der Waals surface area contributed by atoms with Crippen molar-refractivity contribution in [3.8, 4) is 5.75 Å². The van der Waals surface area contributed by atoms with E-state index in [2.05, 4.69) is 4.74 Å². The largest absolute Gasteiger partial charge is 0.573 e. The van der Waals surface area contributed by atoms with Crippen LogP contribution in [0.3, 0.4) is 0 Å². The van der Waals surface area contributed by atoms with Crippen molar-refractivity contribution in [2.75, 3.05) is 0 Å². The molecule has 2 N–H and O–H groups in total. The van der Waals surface area contributed by atoms with Crippen molar-refractivity contribution < 1.29 is 17.9 Å². The molecular formula is C11H12F3NO. The Bertz CT molecular complexity index is 389. The molecular weight excluding hydrogens is 219 g/mol. The van der Waals surface area contributed by atoms with E-state index in [0.717, 1.165) is 18.4 Å². The summed E-state index contributed by atoms with van der Waals surface area (Å²) in [6.45, 7) is 0.